The lowest BCUT2D eigenvalue weighted by Gasteiger charge is -2.07. The van der Waals surface area contributed by atoms with Gasteiger partial charge >= 0.3 is 11.9 Å². The fraction of sp³-hybridized carbons (Fsp3) is 0.579. The molecule has 0 fully saturated rings. The summed E-state index contributed by atoms with van der Waals surface area (Å²) in [6.45, 7) is 2.14. The lowest BCUT2D eigenvalue weighted by atomic mass is 10.2. The second-order valence-corrected chi connectivity index (χ2v) is 6.02. The van der Waals surface area contributed by atoms with Gasteiger partial charge in [0.25, 0.3) is 0 Å². The molecule has 0 aromatic heterocycles. The molecule has 0 spiro atoms. The van der Waals surface area contributed by atoms with Crippen molar-refractivity contribution < 1.29 is 32.2 Å². The summed E-state index contributed by atoms with van der Waals surface area (Å²) < 4.78 is 48.8. The molecule has 4 nitrogen and oxygen atoms in total. The summed E-state index contributed by atoms with van der Waals surface area (Å²) in [7, 11) is 0. The Morgan fingerprint density at radius 3 is 2.04 bits per heavy atom. The van der Waals surface area contributed by atoms with Crippen LogP contribution in [0.2, 0.25) is 0 Å². The van der Waals surface area contributed by atoms with Crippen LogP contribution in [0, 0.1) is 17.5 Å². The quantitative estimate of drug-likeness (QED) is 0.299. The van der Waals surface area contributed by atoms with E-state index in [-0.39, 0.29) is 37.4 Å². The molecule has 26 heavy (non-hydrogen) atoms. The van der Waals surface area contributed by atoms with E-state index < -0.39 is 23.4 Å². The van der Waals surface area contributed by atoms with Crippen LogP contribution in [0.1, 0.15) is 63.9 Å². The number of unbranched alkanes of at least 4 members (excludes halogenated alkanes) is 4. The second-order valence-electron chi connectivity index (χ2n) is 6.02. The number of benzene rings is 1. The normalized spacial score (nSPS) is 10.6. The Morgan fingerprint density at radius 1 is 0.846 bits per heavy atom. The average Bonchev–Trinajstić information content (AvgIpc) is 2.60. The molecule has 1 rings (SSSR count). The molecule has 0 amide bonds. The lowest BCUT2D eigenvalue weighted by molar-refractivity contribution is -0.146. The Morgan fingerprint density at radius 2 is 1.42 bits per heavy atom. The first-order valence-electron chi connectivity index (χ1n) is 8.88. The maximum Gasteiger partial charge on any atom is 0.306 e. The van der Waals surface area contributed by atoms with E-state index in [1.165, 1.54) is 6.42 Å². The van der Waals surface area contributed by atoms with Crippen molar-refractivity contribution in [3.05, 3.63) is 35.1 Å². The summed E-state index contributed by atoms with van der Waals surface area (Å²) in [5.41, 5.74) is 0.0113. The molecule has 1 aromatic rings. The van der Waals surface area contributed by atoms with Crippen LogP contribution in [0.3, 0.4) is 0 Å². The molecule has 0 atom stereocenters. The summed E-state index contributed by atoms with van der Waals surface area (Å²) in [5.74, 6) is -5.22. The average molecular weight is 374 g/mol. The minimum atomic E-state index is -1.57. The van der Waals surface area contributed by atoms with E-state index in [1.54, 1.807) is 0 Å². The summed E-state index contributed by atoms with van der Waals surface area (Å²) in [4.78, 5) is 23.1. The number of rotatable bonds is 12. The van der Waals surface area contributed by atoms with Crippen molar-refractivity contribution in [2.24, 2.45) is 0 Å². The van der Waals surface area contributed by atoms with Crippen molar-refractivity contribution in [3.63, 3.8) is 0 Å². The largest absolute Gasteiger partial charge is 0.466 e. The Balaban J connectivity index is 2.14. The fourth-order valence-corrected chi connectivity index (χ4v) is 2.27. The summed E-state index contributed by atoms with van der Waals surface area (Å²) in [6, 6.07) is 1.53. The van der Waals surface area contributed by atoms with Crippen LogP contribution in [-0.4, -0.2) is 18.5 Å². The minimum absolute atomic E-state index is 0.0113. The van der Waals surface area contributed by atoms with Gasteiger partial charge in [-0.1, -0.05) is 32.6 Å². The molecule has 0 heterocycles. The number of hydrogen-bond donors (Lipinski definition) is 0. The van der Waals surface area contributed by atoms with Crippen LogP contribution < -0.4 is 0 Å². The van der Waals surface area contributed by atoms with Crippen molar-refractivity contribution in [1.82, 2.24) is 0 Å². The lowest BCUT2D eigenvalue weighted by Crippen LogP contribution is -2.09. The van der Waals surface area contributed by atoms with E-state index in [1.807, 2.05) is 0 Å². The molecule has 0 bridgehead atoms. The van der Waals surface area contributed by atoms with E-state index >= 15 is 0 Å². The monoisotopic (exact) mass is 374 g/mol. The van der Waals surface area contributed by atoms with Crippen molar-refractivity contribution in [1.29, 1.82) is 0 Å². The number of esters is 2. The predicted octanol–water partition coefficient (Wildman–Crippen LogP) is 4.83. The summed E-state index contributed by atoms with van der Waals surface area (Å²) in [5, 5.41) is 0. The van der Waals surface area contributed by atoms with Crippen LogP contribution in [0.5, 0.6) is 0 Å². The van der Waals surface area contributed by atoms with Crippen LogP contribution in [0.15, 0.2) is 12.1 Å². The number of hydrogen-bond acceptors (Lipinski definition) is 4. The third kappa shape index (κ3) is 8.87. The second kappa shape index (κ2) is 12.3. The van der Waals surface area contributed by atoms with Crippen molar-refractivity contribution >= 4 is 11.9 Å². The summed E-state index contributed by atoms with van der Waals surface area (Å²) >= 11 is 0. The highest BCUT2D eigenvalue weighted by atomic mass is 19.2. The van der Waals surface area contributed by atoms with Crippen molar-refractivity contribution in [2.75, 3.05) is 6.61 Å². The highest BCUT2D eigenvalue weighted by Gasteiger charge is 2.12. The van der Waals surface area contributed by atoms with E-state index in [4.69, 9.17) is 9.47 Å². The third-order valence-electron chi connectivity index (χ3n) is 3.72. The highest BCUT2D eigenvalue weighted by Crippen LogP contribution is 2.14. The third-order valence-corrected chi connectivity index (χ3v) is 3.72. The van der Waals surface area contributed by atoms with Crippen LogP contribution >= 0.6 is 0 Å². The molecule has 0 radical (unpaired) electrons. The van der Waals surface area contributed by atoms with Gasteiger partial charge < -0.3 is 9.47 Å². The zero-order valence-electron chi connectivity index (χ0n) is 15.0. The molecule has 0 unspecified atom stereocenters. The zero-order valence-corrected chi connectivity index (χ0v) is 15.0. The van der Waals surface area contributed by atoms with E-state index in [9.17, 15) is 22.8 Å². The molecular formula is C19H25F3O4. The van der Waals surface area contributed by atoms with Crippen LogP contribution in [-0.2, 0) is 25.7 Å². The van der Waals surface area contributed by atoms with Crippen molar-refractivity contribution in [3.8, 4) is 0 Å². The number of halogens is 3. The molecule has 0 saturated carbocycles. The number of carbonyl (C=O) groups is 2. The van der Waals surface area contributed by atoms with Gasteiger partial charge in [0.2, 0.25) is 0 Å². The Hall–Kier alpha value is -2.05. The van der Waals surface area contributed by atoms with Gasteiger partial charge in [0.1, 0.15) is 6.61 Å². The molecule has 0 N–H and O–H groups in total. The maximum absolute atomic E-state index is 13.0. The minimum Gasteiger partial charge on any atom is -0.466 e. The van der Waals surface area contributed by atoms with Gasteiger partial charge in [-0.15, -0.1) is 0 Å². The number of carbonyl (C=O) groups excluding carboxylic acids is 2. The molecule has 7 heteroatoms. The SMILES string of the molecule is CCCCCCCOC(=O)CCCC(=O)OCc1cc(F)c(F)c(F)c1. The first-order chi connectivity index (χ1) is 12.4. The van der Waals surface area contributed by atoms with Crippen molar-refractivity contribution in [2.45, 2.75) is 64.9 Å². The standard InChI is InChI=1S/C19H25F3O4/c1-2-3-4-5-6-10-25-17(23)8-7-9-18(24)26-13-14-11-15(20)19(22)16(21)12-14/h11-12H,2-10,13H2,1H3. The summed E-state index contributed by atoms with van der Waals surface area (Å²) in [6.07, 6.45) is 5.66. The molecule has 0 aliphatic carbocycles. The fourth-order valence-electron chi connectivity index (χ4n) is 2.27. The highest BCUT2D eigenvalue weighted by molar-refractivity contribution is 5.72. The van der Waals surface area contributed by atoms with E-state index in [0.717, 1.165) is 37.8 Å². The first kappa shape index (κ1) is 22.0. The van der Waals surface area contributed by atoms with Gasteiger partial charge in [-0.25, -0.2) is 13.2 Å². The smallest absolute Gasteiger partial charge is 0.306 e. The van der Waals surface area contributed by atoms with Gasteiger partial charge in [-0.05, 0) is 30.5 Å². The molecule has 0 aliphatic rings. The molecule has 1 aromatic carbocycles. The van der Waals surface area contributed by atoms with Gasteiger partial charge in [0, 0.05) is 12.8 Å². The molecule has 0 aliphatic heterocycles. The predicted molar refractivity (Wildman–Crippen MR) is 89.7 cm³/mol. The van der Waals surface area contributed by atoms with Gasteiger partial charge in [-0.3, -0.25) is 9.59 Å². The van der Waals surface area contributed by atoms with Gasteiger partial charge in [0.05, 0.1) is 6.61 Å². The van der Waals surface area contributed by atoms with E-state index in [0.29, 0.717) is 6.61 Å². The molecule has 0 saturated heterocycles. The maximum atomic E-state index is 13.0. The molecule has 146 valence electrons. The zero-order chi connectivity index (χ0) is 19.4. The molecular weight excluding hydrogens is 349 g/mol. The Kier molecular flexibility index (Phi) is 10.4. The topological polar surface area (TPSA) is 52.6 Å². The van der Waals surface area contributed by atoms with Gasteiger partial charge in [0.15, 0.2) is 17.5 Å². The van der Waals surface area contributed by atoms with Gasteiger partial charge in [-0.2, -0.15) is 0 Å². The van der Waals surface area contributed by atoms with Crippen LogP contribution in [0.4, 0.5) is 13.2 Å². The van der Waals surface area contributed by atoms with E-state index in [2.05, 4.69) is 6.92 Å². The Bertz CT molecular complexity index is 567. The number of ether oxygens (including phenoxy) is 2. The first-order valence-corrected chi connectivity index (χ1v) is 8.88. The Labute approximate surface area is 151 Å². The van der Waals surface area contributed by atoms with Crippen LogP contribution in [0.25, 0.3) is 0 Å².